The minimum absolute atomic E-state index is 0.274. The highest BCUT2D eigenvalue weighted by molar-refractivity contribution is 6.74. The maximum absolute atomic E-state index is 5.95. The predicted molar refractivity (Wildman–Crippen MR) is 70.5 cm³/mol. The van der Waals surface area contributed by atoms with Gasteiger partial charge in [0, 0.05) is 18.6 Å². The Labute approximate surface area is 100.0 Å². The van der Waals surface area contributed by atoms with Gasteiger partial charge in [0.2, 0.25) is 0 Å². The van der Waals surface area contributed by atoms with Crippen LogP contribution in [0.2, 0.25) is 18.1 Å². The van der Waals surface area contributed by atoms with E-state index in [1.165, 1.54) is 5.54 Å². The van der Waals surface area contributed by atoms with Crippen molar-refractivity contribution in [3.05, 3.63) is 11.6 Å². The third-order valence-corrected chi connectivity index (χ3v) is 7.41. The lowest BCUT2D eigenvalue weighted by Crippen LogP contribution is -2.40. The molecule has 0 aliphatic rings. The van der Waals surface area contributed by atoms with Crippen LogP contribution in [0.3, 0.4) is 0 Å². The van der Waals surface area contributed by atoms with E-state index in [9.17, 15) is 0 Å². The number of halogens is 1. The Hall–Kier alpha value is -0.233. The SMILES string of the molecule is CC(C)(C)[Si](C)(C)OCCC#C/C=C/Cl. The van der Waals surface area contributed by atoms with Gasteiger partial charge in [-0.05, 0) is 24.2 Å². The maximum atomic E-state index is 5.95. The Morgan fingerprint density at radius 3 is 2.40 bits per heavy atom. The van der Waals surface area contributed by atoms with Crippen LogP contribution in [-0.2, 0) is 4.43 Å². The standard InChI is InChI=1S/C12H21ClOSi/c1-12(2,3)15(4,5)14-11-9-7-6-8-10-13/h8,10H,9,11H2,1-5H3/b10-8+. The van der Waals surface area contributed by atoms with Crippen LogP contribution in [0.5, 0.6) is 0 Å². The smallest absolute Gasteiger partial charge is 0.192 e. The van der Waals surface area contributed by atoms with Gasteiger partial charge in [0.15, 0.2) is 8.32 Å². The lowest BCUT2D eigenvalue weighted by Gasteiger charge is -2.35. The lowest BCUT2D eigenvalue weighted by atomic mass is 10.2. The van der Waals surface area contributed by atoms with Crippen LogP contribution in [0.15, 0.2) is 11.6 Å². The van der Waals surface area contributed by atoms with E-state index in [1.807, 2.05) is 0 Å². The molecule has 0 unspecified atom stereocenters. The Morgan fingerprint density at radius 2 is 1.93 bits per heavy atom. The molecule has 0 fully saturated rings. The Bertz CT molecular complexity index is 266. The van der Waals surface area contributed by atoms with E-state index >= 15 is 0 Å². The van der Waals surface area contributed by atoms with E-state index in [0.29, 0.717) is 0 Å². The van der Waals surface area contributed by atoms with E-state index in [1.54, 1.807) is 6.08 Å². The van der Waals surface area contributed by atoms with Gasteiger partial charge in [0.05, 0.1) is 0 Å². The molecule has 0 aromatic carbocycles. The molecule has 0 aromatic heterocycles. The normalized spacial score (nSPS) is 12.7. The van der Waals surface area contributed by atoms with Crippen molar-refractivity contribution >= 4 is 19.9 Å². The van der Waals surface area contributed by atoms with Gasteiger partial charge in [-0.1, -0.05) is 44.2 Å². The van der Waals surface area contributed by atoms with Gasteiger partial charge >= 0.3 is 0 Å². The molecule has 0 saturated heterocycles. The zero-order chi connectivity index (χ0) is 11.9. The van der Waals surface area contributed by atoms with E-state index in [-0.39, 0.29) is 5.04 Å². The van der Waals surface area contributed by atoms with E-state index in [4.69, 9.17) is 16.0 Å². The van der Waals surface area contributed by atoms with Gasteiger partial charge < -0.3 is 4.43 Å². The van der Waals surface area contributed by atoms with E-state index in [0.717, 1.165) is 13.0 Å². The number of allylic oxidation sites excluding steroid dienone is 1. The molecule has 0 aliphatic heterocycles. The zero-order valence-electron chi connectivity index (χ0n) is 10.4. The molecule has 0 bridgehead atoms. The number of rotatable bonds is 3. The molecule has 86 valence electrons. The van der Waals surface area contributed by atoms with Gasteiger partial charge in [0.1, 0.15) is 0 Å². The Morgan fingerprint density at radius 1 is 1.33 bits per heavy atom. The van der Waals surface area contributed by atoms with Crippen LogP contribution in [0.1, 0.15) is 27.2 Å². The van der Waals surface area contributed by atoms with Crippen LogP contribution in [-0.4, -0.2) is 14.9 Å². The average Bonchev–Trinajstić information content (AvgIpc) is 2.09. The monoisotopic (exact) mass is 244 g/mol. The van der Waals surface area contributed by atoms with Crippen molar-refractivity contribution in [2.45, 2.75) is 45.3 Å². The molecule has 0 atom stereocenters. The molecule has 0 aliphatic carbocycles. The van der Waals surface area contributed by atoms with Gasteiger partial charge in [-0.2, -0.15) is 0 Å². The second-order valence-corrected chi connectivity index (χ2v) is 10.0. The van der Waals surface area contributed by atoms with Crippen LogP contribution in [0.25, 0.3) is 0 Å². The summed E-state index contributed by atoms with van der Waals surface area (Å²) in [6, 6.07) is 0. The summed E-state index contributed by atoms with van der Waals surface area (Å²) in [5, 5.41) is 0.274. The molecule has 3 heteroatoms. The van der Waals surface area contributed by atoms with Crippen molar-refractivity contribution in [1.82, 2.24) is 0 Å². The molecule has 0 amide bonds. The molecule has 1 nitrogen and oxygen atoms in total. The fourth-order valence-electron chi connectivity index (χ4n) is 0.736. The highest BCUT2D eigenvalue weighted by Crippen LogP contribution is 2.36. The average molecular weight is 245 g/mol. The number of hydrogen-bond acceptors (Lipinski definition) is 1. The summed E-state index contributed by atoms with van der Waals surface area (Å²) < 4.78 is 5.95. The second kappa shape index (κ2) is 6.37. The van der Waals surface area contributed by atoms with Crippen LogP contribution < -0.4 is 0 Å². The molecule has 0 spiro atoms. The van der Waals surface area contributed by atoms with Gasteiger partial charge in [-0.15, -0.1) is 0 Å². The van der Waals surface area contributed by atoms with E-state index < -0.39 is 8.32 Å². The Balaban J connectivity index is 3.93. The minimum atomic E-state index is -1.59. The summed E-state index contributed by atoms with van der Waals surface area (Å²) in [6.45, 7) is 11.9. The van der Waals surface area contributed by atoms with Crippen molar-refractivity contribution in [2.75, 3.05) is 6.61 Å². The van der Waals surface area contributed by atoms with Crippen molar-refractivity contribution < 1.29 is 4.43 Å². The third-order valence-electron chi connectivity index (χ3n) is 2.74. The van der Waals surface area contributed by atoms with Crippen LogP contribution in [0.4, 0.5) is 0 Å². The summed E-state index contributed by atoms with van der Waals surface area (Å²) >= 11 is 5.34. The quantitative estimate of drug-likeness (QED) is 0.412. The van der Waals surface area contributed by atoms with Crippen molar-refractivity contribution in [3.8, 4) is 11.8 Å². The van der Waals surface area contributed by atoms with Gasteiger partial charge in [0.25, 0.3) is 0 Å². The molecule has 0 heterocycles. The van der Waals surface area contributed by atoms with Crippen LogP contribution >= 0.6 is 11.6 Å². The summed E-state index contributed by atoms with van der Waals surface area (Å²) in [5.74, 6) is 5.82. The molecule has 15 heavy (non-hydrogen) atoms. The summed E-state index contributed by atoms with van der Waals surface area (Å²) in [4.78, 5) is 0. The lowest BCUT2D eigenvalue weighted by molar-refractivity contribution is 0.296. The first-order valence-electron chi connectivity index (χ1n) is 5.19. The molecular formula is C12H21ClOSi. The highest BCUT2D eigenvalue weighted by Gasteiger charge is 2.36. The second-order valence-electron chi connectivity index (χ2n) is 4.97. The summed E-state index contributed by atoms with van der Waals surface area (Å²) in [6.07, 6.45) is 2.40. The molecule has 0 radical (unpaired) electrons. The predicted octanol–water partition coefficient (Wildman–Crippen LogP) is 4.15. The largest absolute Gasteiger partial charge is 0.416 e. The van der Waals surface area contributed by atoms with Crippen molar-refractivity contribution in [2.24, 2.45) is 0 Å². The van der Waals surface area contributed by atoms with Crippen molar-refractivity contribution in [3.63, 3.8) is 0 Å². The van der Waals surface area contributed by atoms with Gasteiger partial charge in [-0.25, -0.2) is 0 Å². The number of hydrogen-bond donors (Lipinski definition) is 0. The molecule has 0 saturated carbocycles. The summed E-state index contributed by atoms with van der Waals surface area (Å²) in [7, 11) is -1.59. The first-order valence-corrected chi connectivity index (χ1v) is 8.53. The fraction of sp³-hybridized carbons (Fsp3) is 0.667. The third kappa shape index (κ3) is 6.04. The van der Waals surface area contributed by atoms with Crippen LogP contribution in [0, 0.1) is 11.8 Å². The molecule has 0 aromatic rings. The fourth-order valence-corrected chi connectivity index (χ4v) is 1.84. The van der Waals surface area contributed by atoms with E-state index in [2.05, 4.69) is 45.7 Å². The maximum Gasteiger partial charge on any atom is 0.192 e. The first kappa shape index (κ1) is 14.8. The summed E-state index contributed by atoms with van der Waals surface area (Å²) in [5.41, 5.74) is 1.42. The van der Waals surface area contributed by atoms with Crippen molar-refractivity contribution in [1.29, 1.82) is 0 Å². The highest BCUT2D eigenvalue weighted by atomic mass is 35.5. The van der Waals surface area contributed by atoms with Gasteiger partial charge in [-0.3, -0.25) is 0 Å². The topological polar surface area (TPSA) is 9.23 Å². The zero-order valence-corrected chi connectivity index (χ0v) is 12.1. The molecular weight excluding hydrogens is 224 g/mol. The first-order chi connectivity index (χ1) is 6.81. The molecule has 0 N–H and O–H groups in total. The minimum Gasteiger partial charge on any atom is -0.416 e. The molecule has 0 rings (SSSR count). The Kier molecular flexibility index (Phi) is 6.27.